The number of carbonyl (C=O) groups is 1. The first-order valence-electron chi connectivity index (χ1n) is 9.58. The van der Waals surface area contributed by atoms with Crippen LogP contribution in [0.3, 0.4) is 0 Å². The van der Waals surface area contributed by atoms with Crippen molar-refractivity contribution in [3.8, 4) is 0 Å². The second-order valence-corrected chi connectivity index (χ2v) is 7.59. The first-order valence-corrected chi connectivity index (χ1v) is 9.58. The molecule has 0 saturated heterocycles. The Bertz CT molecular complexity index is 1350. The molecule has 31 heavy (non-hydrogen) atoms. The first-order chi connectivity index (χ1) is 14.7. The van der Waals surface area contributed by atoms with Crippen LogP contribution in [0.5, 0.6) is 0 Å². The van der Waals surface area contributed by atoms with E-state index in [0.29, 0.717) is 51.9 Å². The molecule has 10 heteroatoms. The largest absolute Gasteiger partial charge is 0.433 e. The Balaban J connectivity index is 1.49. The molecule has 0 aliphatic heterocycles. The maximum Gasteiger partial charge on any atom is 0.433 e. The average molecular weight is 426 g/mol. The number of halogens is 3. The van der Waals surface area contributed by atoms with Gasteiger partial charge in [-0.3, -0.25) is 14.2 Å². The van der Waals surface area contributed by atoms with Gasteiger partial charge < -0.3 is 10.6 Å². The summed E-state index contributed by atoms with van der Waals surface area (Å²) in [7, 11) is 1.65. The molecule has 1 aromatic carbocycles. The Kier molecular flexibility index (Phi) is 4.14. The lowest BCUT2D eigenvalue weighted by Gasteiger charge is -2.25. The van der Waals surface area contributed by atoms with Gasteiger partial charge in [0.2, 0.25) is 0 Å². The van der Waals surface area contributed by atoms with Crippen LogP contribution in [0.25, 0.3) is 16.6 Å². The van der Waals surface area contributed by atoms with E-state index in [2.05, 4.69) is 15.0 Å². The van der Waals surface area contributed by atoms with E-state index in [9.17, 15) is 18.0 Å². The first kappa shape index (κ1) is 19.3. The molecular weight excluding hydrogens is 409 g/mol. The molecular formula is C21H17F3N6O. The summed E-state index contributed by atoms with van der Waals surface area (Å²) in [5.41, 5.74) is 8.65. The summed E-state index contributed by atoms with van der Waals surface area (Å²) in [4.78, 5) is 26.8. The Morgan fingerprint density at radius 1 is 1.23 bits per heavy atom. The Hall–Kier alpha value is -3.69. The number of anilines is 1. The van der Waals surface area contributed by atoms with Gasteiger partial charge in [-0.15, -0.1) is 0 Å². The smallest absolute Gasteiger partial charge is 0.382 e. The van der Waals surface area contributed by atoms with Gasteiger partial charge in [-0.25, -0.2) is 9.97 Å². The molecule has 1 atom stereocenters. The second-order valence-electron chi connectivity index (χ2n) is 7.59. The van der Waals surface area contributed by atoms with E-state index in [1.54, 1.807) is 47.1 Å². The van der Waals surface area contributed by atoms with Gasteiger partial charge in [0.15, 0.2) is 0 Å². The van der Waals surface area contributed by atoms with Crippen molar-refractivity contribution in [3.63, 3.8) is 0 Å². The number of nitrogens with zero attached hydrogens (tertiary/aromatic N) is 5. The number of nitrogens with two attached hydrogens (primary N) is 1. The Labute approximate surface area is 174 Å². The highest BCUT2D eigenvalue weighted by atomic mass is 19.4. The molecule has 158 valence electrons. The predicted octanol–water partition coefficient (Wildman–Crippen LogP) is 3.64. The summed E-state index contributed by atoms with van der Waals surface area (Å²) in [6, 6.07) is 5.83. The predicted molar refractivity (Wildman–Crippen MR) is 107 cm³/mol. The molecule has 0 saturated carbocycles. The lowest BCUT2D eigenvalue weighted by Crippen LogP contribution is -2.30. The van der Waals surface area contributed by atoms with Crippen molar-refractivity contribution in [2.45, 2.75) is 25.1 Å². The molecule has 1 aliphatic carbocycles. The number of hydrogen-bond acceptors (Lipinski definition) is 5. The molecule has 3 aromatic heterocycles. The molecule has 0 spiro atoms. The van der Waals surface area contributed by atoms with Crippen molar-refractivity contribution < 1.29 is 18.0 Å². The number of aromatic nitrogens is 4. The zero-order valence-electron chi connectivity index (χ0n) is 16.4. The third-order valence-electron chi connectivity index (χ3n) is 5.77. The SMILES string of the molecule is CN(C(=O)c1ccc2nc(N)c3cncn3c2c1)[C@@H]1CCc2cc(C(F)(F)F)ncc21. The minimum Gasteiger partial charge on any atom is -0.382 e. The van der Waals surface area contributed by atoms with Crippen molar-refractivity contribution in [1.29, 1.82) is 0 Å². The van der Waals surface area contributed by atoms with Crippen LogP contribution < -0.4 is 5.73 Å². The summed E-state index contributed by atoms with van der Waals surface area (Å²) in [5, 5.41) is 0. The van der Waals surface area contributed by atoms with Gasteiger partial charge in [0.25, 0.3) is 5.91 Å². The number of alkyl halides is 3. The monoisotopic (exact) mass is 426 g/mol. The normalized spacial score (nSPS) is 16.1. The number of benzene rings is 1. The number of pyridine rings is 1. The summed E-state index contributed by atoms with van der Waals surface area (Å²) in [5.74, 6) is 0.0965. The van der Waals surface area contributed by atoms with E-state index in [4.69, 9.17) is 5.73 Å². The van der Waals surface area contributed by atoms with Crippen LogP contribution in [0.15, 0.2) is 43.0 Å². The summed E-state index contributed by atoms with van der Waals surface area (Å²) in [6.07, 6.45) is 0.945. The molecule has 4 aromatic rings. The van der Waals surface area contributed by atoms with Crippen LogP contribution >= 0.6 is 0 Å². The van der Waals surface area contributed by atoms with Crippen molar-refractivity contribution in [2.24, 2.45) is 0 Å². The van der Waals surface area contributed by atoms with E-state index in [-0.39, 0.29) is 11.9 Å². The molecule has 0 radical (unpaired) electrons. The fourth-order valence-corrected chi connectivity index (χ4v) is 4.18. The topological polar surface area (TPSA) is 89.4 Å². The standard InChI is InChI=1S/C21H17F3N6O/c1-29(15-5-3-11-7-18(21(22,23)24)27-8-13(11)15)20(31)12-2-4-14-16(6-12)30-10-26-9-17(30)19(25)28-14/h2,4,6-10,15H,3,5H2,1H3,(H2,25,28)/t15-/m1/s1. The van der Waals surface area contributed by atoms with Gasteiger partial charge in [-0.2, -0.15) is 13.2 Å². The van der Waals surface area contributed by atoms with Gasteiger partial charge in [-0.1, -0.05) is 0 Å². The maximum atomic E-state index is 13.2. The van der Waals surface area contributed by atoms with E-state index in [1.165, 1.54) is 6.20 Å². The minimum absolute atomic E-state index is 0.246. The quantitative estimate of drug-likeness (QED) is 0.529. The third kappa shape index (κ3) is 3.06. The summed E-state index contributed by atoms with van der Waals surface area (Å²) in [6.45, 7) is 0. The van der Waals surface area contributed by atoms with Gasteiger partial charge in [0, 0.05) is 18.8 Å². The fourth-order valence-electron chi connectivity index (χ4n) is 4.18. The fraction of sp³-hybridized carbons (Fsp3) is 0.238. The number of rotatable bonds is 2. The second kappa shape index (κ2) is 6.66. The number of imidazole rings is 1. The molecule has 3 heterocycles. The molecule has 1 aliphatic rings. The molecule has 0 unspecified atom stereocenters. The molecule has 2 N–H and O–H groups in total. The molecule has 0 bridgehead atoms. The van der Waals surface area contributed by atoms with Gasteiger partial charge in [0.05, 0.1) is 29.6 Å². The van der Waals surface area contributed by atoms with Crippen LogP contribution in [-0.4, -0.2) is 37.2 Å². The highest BCUT2D eigenvalue weighted by Crippen LogP contribution is 2.38. The minimum atomic E-state index is -4.49. The zero-order chi connectivity index (χ0) is 21.9. The third-order valence-corrected chi connectivity index (χ3v) is 5.77. The van der Waals surface area contributed by atoms with Crippen LogP contribution in [0, 0.1) is 0 Å². The van der Waals surface area contributed by atoms with Crippen molar-refractivity contribution in [2.75, 3.05) is 12.8 Å². The van der Waals surface area contributed by atoms with Gasteiger partial charge in [-0.05, 0) is 48.2 Å². The van der Waals surface area contributed by atoms with E-state index in [0.717, 1.165) is 6.07 Å². The van der Waals surface area contributed by atoms with E-state index < -0.39 is 11.9 Å². The van der Waals surface area contributed by atoms with E-state index >= 15 is 0 Å². The van der Waals surface area contributed by atoms with Crippen LogP contribution in [0.4, 0.5) is 19.0 Å². The van der Waals surface area contributed by atoms with Gasteiger partial charge >= 0.3 is 6.18 Å². The van der Waals surface area contributed by atoms with Crippen LogP contribution in [0.1, 0.15) is 39.6 Å². The molecule has 0 fully saturated rings. The zero-order valence-corrected chi connectivity index (χ0v) is 16.4. The highest BCUT2D eigenvalue weighted by molar-refractivity contribution is 5.98. The number of fused-ring (bicyclic) bond motifs is 4. The van der Waals surface area contributed by atoms with Gasteiger partial charge in [0.1, 0.15) is 17.0 Å². The maximum absolute atomic E-state index is 13.2. The summed E-state index contributed by atoms with van der Waals surface area (Å²) < 4.78 is 40.6. The van der Waals surface area contributed by atoms with Crippen molar-refractivity contribution in [1.82, 2.24) is 24.3 Å². The van der Waals surface area contributed by atoms with E-state index in [1.807, 2.05) is 0 Å². The molecule has 5 rings (SSSR count). The van der Waals surface area contributed by atoms with Crippen LogP contribution in [-0.2, 0) is 12.6 Å². The lowest BCUT2D eigenvalue weighted by molar-refractivity contribution is -0.141. The van der Waals surface area contributed by atoms with Crippen molar-refractivity contribution in [3.05, 3.63) is 65.4 Å². The summed E-state index contributed by atoms with van der Waals surface area (Å²) >= 11 is 0. The number of amides is 1. The lowest BCUT2D eigenvalue weighted by atomic mass is 10.1. The average Bonchev–Trinajstić information content (AvgIpc) is 3.39. The molecule has 7 nitrogen and oxygen atoms in total. The highest BCUT2D eigenvalue weighted by Gasteiger charge is 2.36. The number of hydrogen-bond donors (Lipinski definition) is 1. The van der Waals surface area contributed by atoms with Crippen molar-refractivity contribution >= 4 is 28.3 Å². The van der Waals surface area contributed by atoms with Crippen LogP contribution in [0.2, 0.25) is 0 Å². The number of nitrogen functional groups attached to an aromatic ring is 1. The Morgan fingerprint density at radius 3 is 2.81 bits per heavy atom. The number of aryl methyl sites for hydroxylation is 1. The molecule has 1 amide bonds. The Morgan fingerprint density at radius 2 is 2.03 bits per heavy atom. The number of carbonyl (C=O) groups excluding carboxylic acids is 1.